The normalized spacial score (nSPS) is 9.55. The third-order valence-electron chi connectivity index (χ3n) is 4.48. The molecule has 0 aliphatic heterocycles. The quantitative estimate of drug-likeness (QED) is 0.354. The van der Waals surface area contributed by atoms with Crippen molar-refractivity contribution < 1.29 is 0 Å². The van der Waals surface area contributed by atoms with Crippen LogP contribution in [0.25, 0.3) is 0 Å². The summed E-state index contributed by atoms with van der Waals surface area (Å²) in [6.07, 6.45) is 0. The highest BCUT2D eigenvalue weighted by Gasteiger charge is 1.92. The molecular formula is C28H31ClN2. The zero-order valence-electron chi connectivity index (χ0n) is 18.3. The van der Waals surface area contributed by atoms with Crippen LogP contribution in [0.2, 0.25) is 5.02 Å². The lowest BCUT2D eigenvalue weighted by Crippen LogP contribution is -1.98. The van der Waals surface area contributed by atoms with Crippen molar-refractivity contribution in [2.75, 3.05) is 5.32 Å². The summed E-state index contributed by atoms with van der Waals surface area (Å²) in [6, 6.07) is 36.6. The van der Waals surface area contributed by atoms with Crippen molar-refractivity contribution in [1.29, 1.82) is 0 Å². The second-order valence-electron chi connectivity index (χ2n) is 7.19. The molecule has 0 aromatic heterocycles. The average molecular weight is 431 g/mol. The van der Waals surface area contributed by atoms with Crippen LogP contribution in [-0.4, -0.2) is 0 Å². The summed E-state index contributed by atoms with van der Waals surface area (Å²) in [4.78, 5) is 0. The van der Waals surface area contributed by atoms with Crippen LogP contribution < -0.4 is 11.1 Å². The SMILES string of the molecule is Cc1ccc(Cl)cc1.Cc1ccc(NCc2ccccc2)cc1.NCc1ccccc1. The minimum Gasteiger partial charge on any atom is -0.381 e. The molecule has 0 saturated heterocycles. The van der Waals surface area contributed by atoms with E-state index in [1.165, 1.54) is 27.9 Å². The third-order valence-corrected chi connectivity index (χ3v) is 4.73. The molecule has 0 saturated carbocycles. The Hall–Kier alpha value is -3.07. The molecule has 31 heavy (non-hydrogen) atoms. The summed E-state index contributed by atoms with van der Waals surface area (Å²) in [6.45, 7) is 5.65. The van der Waals surface area contributed by atoms with Crippen LogP contribution in [-0.2, 0) is 13.1 Å². The molecule has 0 atom stereocenters. The zero-order valence-corrected chi connectivity index (χ0v) is 19.0. The molecule has 0 heterocycles. The molecule has 2 nitrogen and oxygen atoms in total. The van der Waals surface area contributed by atoms with E-state index in [0.29, 0.717) is 6.54 Å². The number of nitrogens with two attached hydrogens (primary N) is 1. The molecule has 0 spiro atoms. The molecule has 0 fully saturated rings. The minimum absolute atomic E-state index is 0.640. The molecule has 3 heteroatoms. The number of hydrogen-bond donors (Lipinski definition) is 2. The van der Waals surface area contributed by atoms with Crippen LogP contribution in [0.5, 0.6) is 0 Å². The molecule has 0 radical (unpaired) electrons. The van der Waals surface area contributed by atoms with Crippen molar-refractivity contribution in [2.24, 2.45) is 5.73 Å². The summed E-state index contributed by atoms with van der Waals surface area (Å²) in [5, 5.41) is 4.19. The fourth-order valence-electron chi connectivity index (χ4n) is 2.62. The van der Waals surface area contributed by atoms with Gasteiger partial charge in [0.05, 0.1) is 0 Å². The molecule has 0 bridgehead atoms. The summed E-state index contributed by atoms with van der Waals surface area (Å²) >= 11 is 5.61. The van der Waals surface area contributed by atoms with Crippen LogP contribution in [0, 0.1) is 13.8 Å². The van der Waals surface area contributed by atoms with Crippen molar-refractivity contribution >= 4 is 17.3 Å². The van der Waals surface area contributed by atoms with Crippen LogP contribution in [0.4, 0.5) is 5.69 Å². The Morgan fingerprint density at radius 1 is 0.613 bits per heavy atom. The van der Waals surface area contributed by atoms with E-state index in [-0.39, 0.29) is 0 Å². The predicted molar refractivity (Wildman–Crippen MR) is 135 cm³/mol. The lowest BCUT2D eigenvalue weighted by Gasteiger charge is -2.06. The van der Waals surface area contributed by atoms with E-state index in [0.717, 1.165) is 11.6 Å². The Bertz CT molecular complexity index is 946. The van der Waals surface area contributed by atoms with Gasteiger partial charge in [-0.1, -0.05) is 108 Å². The molecule has 0 unspecified atom stereocenters. The van der Waals surface area contributed by atoms with Crippen molar-refractivity contribution in [1.82, 2.24) is 0 Å². The molecule has 4 rings (SSSR count). The highest BCUT2D eigenvalue weighted by atomic mass is 35.5. The number of benzene rings is 4. The molecule has 4 aromatic carbocycles. The highest BCUT2D eigenvalue weighted by molar-refractivity contribution is 6.30. The van der Waals surface area contributed by atoms with E-state index in [4.69, 9.17) is 17.3 Å². The van der Waals surface area contributed by atoms with Crippen LogP contribution >= 0.6 is 11.6 Å². The van der Waals surface area contributed by atoms with Gasteiger partial charge in [-0.15, -0.1) is 0 Å². The van der Waals surface area contributed by atoms with Gasteiger partial charge in [0.15, 0.2) is 0 Å². The molecule has 0 aliphatic rings. The first kappa shape index (κ1) is 24.2. The molecule has 3 N–H and O–H groups in total. The second kappa shape index (κ2) is 14.0. The molecule has 0 aliphatic carbocycles. The molecule has 160 valence electrons. The van der Waals surface area contributed by atoms with Gasteiger partial charge in [-0.25, -0.2) is 0 Å². The van der Waals surface area contributed by atoms with Crippen molar-refractivity contribution in [3.05, 3.63) is 136 Å². The van der Waals surface area contributed by atoms with E-state index in [2.05, 4.69) is 60.8 Å². The Balaban J connectivity index is 0.000000181. The monoisotopic (exact) mass is 430 g/mol. The van der Waals surface area contributed by atoms with E-state index in [1.807, 2.05) is 67.6 Å². The molecule has 4 aromatic rings. The number of rotatable bonds is 4. The first-order chi connectivity index (χ1) is 15.1. The van der Waals surface area contributed by atoms with E-state index < -0.39 is 0 Å². The largest absolute Gasteiger partial charge is 0.381 e. The van der Waals surface area contributed by atoms with Gasteiger partial charge in [0.1, 0.15) is 0 Å². The van der Waals surface area contributed by atoms with E-state index in [9.17, 15) is 0 Å². The first-order valence-corrected chi connectivity index (χ1v) is 10.7. The first-order valence-electron chi connectivity index (χ1n) is 10.4. The maximum absolute atomic E-state index is 5.61. The van der Waals surface area contributed by atoms with Gasteiger partial charge in [0.2, 0.25) is 0 Å². The summed E-state index contributed by atoms with van der Waals surface area (Å²) in [5.74, 6) is 0. The lowest BCUT2D eigenvalue weighted by molar-refractivity contribution is 1.07. The maximum atomic E-state index is 5.61. The summed E-state index contributed by atoms with van der Waals surface area (Å²) in [5.41, 5.74) is 11.5. The number of anilines is 1. The summed E-state index contributed by atoms with van der Waals surface area (Å²) < 4.78 is 0. The van der Waals surface area contributed by atoms with E-state index >= 15 is 0 Å². The predicted octanol–water partition coefficient (Wildman–Crippen LogP) is 7.40. The zero-order chi connectivity index (χ0) is 22.3. The van der Waals surface area contributed by atoms with Gasteiger partial charge >= 0.3 is 0 Å². The fraction of sp³-hybridized carbons (Fsp3) is 0.143. The van der Waals surface area contributed by atoms with Gasteiger partial charge in [-0.05, 0) is 49.2 Å². The highest BCUT2D eigenvalue weighted by Crippen LogP contribution is 2.10. The fourth-order valence-corrected chi connectivity index (χ4v) is 2.74. The van der Waals surface area contributed by atoms with Crippen molar-refractivity contribution in [3.63, 3.8) is 0 Å². The smallest absolute Gasteiger partial charge is 0.0406 e. The van der Waals surface area contributed by atoms with Gasteiger partial charge in [-0.3, -0.25) is 0 Å². The standard InChI is InChI=1S/C14H15N.C7H7Cl.C7H9N/c1-12-7-9-14(10-8-12)15-11-13-5-3-2-4-6-13;1-6-2-4-7(8)5-3-6;8-6-7-4-2-1-3-5-7/h2-10,15H,11H2,1H3;2-5H,1H3;1-5H,6,8H2. The number of halogens is 1. The van der Waals surface area contributed by atoms with Crippen LogP contribution in [0.15, 0.2) is 109 Å². The topological polar surface area (TPSA) is 38.0 Å². The minimum atomic E-state index is 0.640. The van der Waals surface area contributed by atoms with Gasteiger partial charge in [-0.2, -0.15) is 0 Å². The third kappa shape index (κ3) is 10.5. The lowest BCUT2D eigenvalue weighted by atomic mass is 10.2. The average Bonchev–Trinajstić information content (AvgIpc) is 2.83. The van der Waals surface area contributed by atoms with Crippen LogP contribution in [0.3, 0.4) is 0 Å². The summed E-state index contributed by atoms with van der Waals surface area (Å²) in [7, 11) is 0. The second-order valence-corrected chi connectivity index (χ2v) is 7.63. The number of hydrogen-bond acceptors (Lipinski definition) is 2. The molecule has 0 amide bonds. The van der Waals surface area contributed by atoms with Crippen molar-refractivity contribution in [2.45, 2.75) is 26.9 Å². The van der Waals surface area contributed by atoms with Gasteiger partial charge < -0.3 is 11.1 Å². The number of nitrogens with one attached hydrogen (secondary N) is 1. The Morgan fingerprint density at radius 3 is 1.48 bits per heavy atom. The Morgan fingerprint density at radius 2 is 1.06 bits per heavy atom. The maximum Gasteiger partial charge on any atom is 0.0406 e. The van der Waals surface area contributed by atoms with Gasteiger partial charge in [0, 0.05) is 23.8 Å². The Kier molecular flexibility index (Phi) is 10.9. The van der Waals surface area contributed by atoms with Crippen LogP contribution in [0.1, 0.15) is 22.3 Å². The molecular weight excluding hydrogens is 400 g/mol. The van der Waals surface area contributed by atoms with Gasteiger partial charge in [0.25, 0.3) is 0 Å². The number of aryl methyl sites for hydroxylation is 2. The van der Waals surface area contributed by atoms with Crippen molar-refractivity contribution in [3.8, 4) is 0 Å². The Labute approximate surface area is 191 Å². The van der Waals surface area contributed by atoms with E-state index in [1.54, 1.807) is 0 Å².